The van der Waals surface area contributed by atoms with Crippen LogP contribution in [0.15, 0.2) is 30.3 Å². The number of hydrogen-bond acceptors (Lipinski definition) is 2. The lowest BCUT2D eigenvalue weighted by Gasteiger charge is -2.05. The van der Waals surface area contributed by atoms with Gasteiger partial charge in [-0.25, -0.2) is 0 Å². The van der Waals surface area contributed by atoms with E-state index in [-0.39, 0.29) is 9.18 Å². The molecular formula is C8H11O2P. The second-order valence-corrected chi connectivity index (χ2v) is 2.64. The maximum Gasteiger partial charge on any atom is 0.167 e. The Morgan fingerprint density at radius 3 is 2.91 bits per heavy atom. The quantitative estimate of drug-likeness (QED) is 0.547. The standard InChI is InChI=1S/C8H11O2P/c9-8(11)10-6-7-4-2-1-3-5-7/h1-5,8-9H,6,11H2/i11D. The second kappa shape index (κ2) is 4.45. The Bertz CT molecular complexity index is 218. The van der Waals surface area contributed by atoms with Crippen molar-refractivity contribution in [3.05, 3.63) is 35.9 Å². The first kappa shape index (κ1) is 7.23. The molecule has 0 aliphatic heterocycles. The van der Waals surface area contributed by atoms with Gasteiger partial charge in [-0.05, 0) is 5.56 Å². The van der Waals surface area contributed by atoms with Crippen LogP contribution in [0.2, 0.25) is 0 Å². The van der Waals surface area contributed by atoms with E-state index < -0.39 is 6.03 Å². The van der Waals surface area contributed by atoms with Crippen molar-refractivity contribution in [2.24, 2.45) is 0 Å². The fraction of sp³-hybridized carbons (Fsp3) is 0.250. The summed E-state index contributed by atoms with van der Waals surface area (Å²) in [7, 11) is -0.333. The largest absolute Gasteiger partial charge is 0.365 e. The minimum atomic E-state index is -0.940. The van der Waals surface area contributed by atoms with Gasteiger partial charge in [-0.1, -0.05) is 39.5 Å². The number of rotatable bonds is 4. The third kappa shape index (κ3) is 3.47. The molecule has 0 saturated carbocycles. The molecule has 0 aliphatic rings. The summed E-state index contributed by atoms with van der Waals surface area (Å²) >= 11 is 0. The third-order valence-electron chi connectivity index (χ3n) is 1.25. The van der Waals surface area contributed by atoms with Crippen LogP contribution < -0.4 is 0 Å². The zero-order chi connectivity index (χ0) is 8.81. The van der Waals surface area contributed by atoms with Crippen LogP contribution >= 0.6 is 9.18 Å². The highest BCUT2D eigenvalue weighted by atomic mass is 31.0. The van der Waals surface area contributed by atoms with Gasteiger partial charge in [-0.15, -0.1) is 0 Å². The van der Waals surface area contributed by atoms with Crippen LogP contribution in [0.5, 0.6) is 0 Å². The highest BCUT2D eigenvalue weighted by Gasteiger charge is 1.94. The van der Waals surface area contributed by atoms with E-state index in [2.05, 4.69) is 0 Å². The first-order valence-electron chi connectivity index (χ1n) is 3.84. The van der Waals surface area contributed by atoms with Gasteiger partial charge in [0.15, 0.2) is 6.03 Å². The van der Waals surface area contributed by atoms with Crippen LogP contribution in [0.1, 0.15) is 5.56 Å². The molecule has 0 amide bonds. The zero-order valence-corrected chi connectivity index (χ0v) is 7.03. The summed E-state index contributed by atoms with van der Waals surface area (Å²) < 4.78 is 11.8. The monoisotopic (exact) mass is 171 g/mol. The van der Waals surface area contributed by atoms with Crippen LogP contribution in [-0.4, -0.2) is 12.4 Å². The first-order chi connectivity index (χ1) is 5.83. The predicted molar refractivity (Wildman–Crippen MR) is 46.9 cm³/mol. The van der Waals surface area contributed by atoms with Gasteiger partial charge in [0.2, 0.25) is 0 Å². The fourth-order valence-electron chi connectivity index (χ4n) is 0.749. The van der Waals surface area contributed by atoms with Crippen molar-refractivity contribution in [3.63, 3.8) is 0 Å². The summed E-state index contributed by atoms with van der Waals surface area (Å²) in [5, 5.41) is 8.92. The molecular weight excluding hydrogens is 159 g/mol. The van der Waals surface area contributed by atoms with Gasteiger partial charge in [0, 0.05) is 0 Å². The lowest BCUT2D eigenvalue weighted by atomic mass is 10.2. The number of aliphatic hydroxyl groups excluding tert-OH is 1. The minimum absolute atomic E-state index is 0.333. The molecule has 2 unspecified atom stereocenters. The molecule has 1 N–H and O–H groups in total. The molecule has 0 fully saturated rings. The van der Waals surface area contributed by atoms with Crippen molar-refractivity contribution in [2.45, 2.75) is 12.6 Å². The second-order valence-electron chi connectivity index (χ2n) is 2.15. The Kier molecular flexibility index (Phi) is 2.92. The topological polar surface area (TPSA) is 29.5 Å². The molecule has 0 bridgehead atoms. The molecule has 1 rings (SSSR count). The van der Waals surface area contributed by atoms with Gasteiger partial charge in [0.25, 0.3) is 0 Å². The van der Waals surface area contributed by atoms with Crippen LogP contribution in [0.4, 0.5) is 0 Å². The van der Waals surface area contributed by atoms with E-state index in [0.29, 0.717) is 6.61 Å². The molecule has 0 spiro atoms. The van der Waals surface area contributed by atoms with E-state index in [4.69, 9.17) is 11.1 Å². The smallest absolute Gasteiger partial charge is 0.167 e. The van der Waals surface area contributed by atoms with E-state index in [1.54, 1.807) is 0 Å². The molecule has 0 aliphatic carbocycles. The summed E-state index contributed by atoms with van der Waals surface area (Å²) in [6, 6.07) is 8.64. The normalized spacial score (nSPS) is 15.2. The number of ether oxygens (including phenoxy) is 1. The Morgan fingerprint density at radius 2 is 2.27 bits per heavy atom. The van der Waals surface area contributed by atoms with Gasteiger partial charge in [0.05, 0.1) is 7.89 Å². The molecule has 2 nitrogen and oxygen atoms in total. The van der Waals surface area contributed by atoms with Crippen molar-refractivity contribution in [2.75, 3.05) is 0 Å². The molecule has 11 heavy (non-hydrogen) atoms. The van der Waals surface area contributed by atoms with Gasteiger partial charge in [-0.3, -0.25) is 0 Å². The average Bonchev–Trinajstić information content (AvgIpc) is 2.16. The predicted octanol–water partition coefficient (Wildman–Crippen LogP) is 1.35. The molecule has 1 aromatic carbocycles. The van der Waals surface area contributed by atoms with Crippen LogP contribution in [-0.2, 0) is 11.3 Å². The Labute approximate surface area is 69.7 Å². The van der Waals surface area contributed by atoms with Crippen LogP contribution in [0.3, 0.4) is 0 Å². The molecule has 0 radical (unpaired) electrons. The molecule has 2 atom stereocenters. The number of benzene rings is 1. The van der Waals surface area contributed by atoms with Crippen molar-refractivity contribution in [1.29, 1.82) is 1.28 Å². The lowest BCUT2D eigenvalue weighted by Crippen LogP contribution is -2.01. The summed E-state index contributed by atoms with van der Waals surface area (Å²) in [5.41, 5.74) is 1.01. The zero-order valence-electron chi connectivity index (χ0n) is 7.03. The summed E-state index contributed by atoms with van der Waals surface area (Å²) in [6.07, 6.45) is 0. The highest BCUT2D eigenvalue weighted by Crippen LogP contribution is 2.04. The maximum absolute atomic E-state index is 8.92. The van der Waals surface area contributed by atoms with Crippen molar-refractivity contribution in [3.8, 4) is 0 Å². The average molecular weight is 171 g/mol. The van der Waals surface area contributed by atoms with Gasteiger partial charge < -0.3 is 9.84 Å². The van der Waals surface area contributed by atoms with E-state index in [9.17, 15) is 0 Å². The first-order valence-corrected chi connectivity index (χ1v) is 3.91. The number of aliphatic hydroxyl groups is 1. The van der Waals surface area contributed by atoms with E-state index >= 15 is 0 Å². The van der Waals surface area contributed by atoms with Gasteiger partial charge in [-0.2, -0.15) is 0 Å². The summed E-state index contributed by atoms with van der Waals surface area (Å²) in [6.45, 7) is 0.369. The molecule has 0 saturated heterocycles. The molecule has 3 heteroatoms. The van der Waals surface area contributed by atoms with Crippen molar-refractivity contribution in [1.82, 2.24) is 0 Å². The minimum Gasteiger partial charge on any atom is -0.365 e. The SMILES string of the molecule is [2H]PC(O)OCc1ccccc1. The van der Waals surface area contributed by atoms with Crippen LogP contribution in [0.25, 0.3) is 0 Å². The van der Waals surface area contributed by atoms with E-state index in [1.807, 2.05) is 30.3 Å². The molecule has 0 aromatic heterocycles. The summed E-state index contributed by atoms with van der Waals surface area (Å²) in [5.74, 6) is 0. The van der Waals surface area contributed by atoms with Crippen molar-refractivity contribution >= 4 is 9.18 Å². The molecule has 0 heterocycles. The summed E-state index contributed by atoms with van der Waals surface area (Å²) in [4.78, 5) is 0. The maximum atomic E-state index is 8.92. The Morgan fingerprint density at radius 1 is 1.55 bits per heavy atom. The fourth-order valence-corrected chi connectivity index (χ4v) is 0.833. The van der Waals surface area contributed by atoms with E-state index in [0.717, 1.165) is 5.56 Å². The third-order valence-corrected chi connectivity index (χ3v) is 1.42. The molecule has 60 valence electrons. The van der Waals surface area contributed by atoms with Crippen LogP contribution in [0, 0.1) is 0 Å². The lowest BCUT2D eigenvalue weighted by molar-refractivity contribution is -0.0427. The molecule has 1 aromatic rings. The van der Waals surface area contributed by atoms with Crippen molar-refractivity contribution < 1.29 is 9.84 Å². The van der Waals surface area contributed by atoms with Gasteiger partial charge >= 0.3 is 0 Å². The Hall–Kier alpha value is -0.430. The van der Waals surface area contributed by atoms with Gasteiger partial charge in [0.1, 0.15) is 0 Å². The Balaban J connectivity index is 2.33. The highest BCUT2D eigenvalue weighted by molar-refractivity contribution is 7.16. The number of hydrogen-bond donors (Lipinski definition) is 1. The van der Waals surface area contributed by atoms with E-state index in [1.165, 1.54) is 0 Å².